The number of hydrogen-bond acceptors (Lipinski definition) is 3. The third-order valence-electron chi connectivity index (χ3n) is 3.32. The first-order valence-corrected chi connectivity index (χ1v) is 5.82. The van der Waals surface area contributed by atoms with Crippen molar-refractivity contribution in [2.45, 2.75) is 26.8 Å². The normalized spacial score (nSPS) is 15.9. The predicted octanol–water partition coefficient (Wildman–Crippen LogP) is 1.54. The van der Waals surface area contributed by atoms with Gasteiger partial charge in [-0.1, -0.05) is 0 Å². The van der Waals surface area contributed by atoms with E-state index in [1.54, 1.807) is 0 Å². The molecule has 2 N–H and O–H groups in total. The Morgan fingerprint density at radius 1 is 1.39 bits per heavy atom. The Morgan fingerprint density at radius 3 is 2.61 bits per heavy atom. The molecule has 18 heavy (non-hydrogen) atoms. The molecule has 1 heterocycles. The third-order valence-corrected chi connectivity index (χ3v) is 3.32. The lowest BCUT2D eigenvalue weighted by Gasteiger charge is -2.33. The number of carboxylic acids is 1. The van der Waals surface area contributed by atoms with Crippen LogP contribution in [0.4, 0.5) is 11.4 Å². The van der Waals surface area contributed by atoms with Crippen LogP contribution < -0.4 is 10.2 Å². The average Bonchev–Trinajstić information content (AvgIpc) is 2.30. The Bertz CT molecular complexity index is 525. The lowest BCUT2D eigenvalue weighted by Crippen LogP contribution is -2.48. The van der Waals surface area contributed by atoms with Gasteiger partial charge in [-0.05, 0) is 44.0 Å². The molecule has 0 spiro atoms. The van der Waals surface area contributed by atoms with Crippen LogP contribution in [-0.2, 0) is 9.59 Å². The first kappa shape index (κ1) is 12.4. The van der Waals surface area contributed by atoms with E-state index in [9.17, 15) is 9.59 Å². The standard InChI is InChI=1S/C13H16N2O3/c1-7-4-10-11(5-8(7)2)15(9(3)13(17)18)12(16)6-14-10/h4-5,9,14H,6H2,1-3H3,(H,17,18). The number of anilines is 2. The number of fused-ring (bicyclic) bond motifs is 1. The van der Waals surface area contributed by atoms with Gasteiger partial charge in [-0.25, -0.2) is 4.79 Å². The Kier molecular flexibility index (Phi) is 2.98. The number of nitrogens with one attached hydrogen (secondary N) is 1. The molecule has 1 aliphatic rings. The quantitative estimate of drug-likeness (QED) is 0.832. The summed E-state index contributed by atoms with van der Waals surface area (Å²) in [5, 5.41) is 12.1. The van der Waals surface area contributed by atoms with E-state index < -0.39 is 12.0 Å². The third kappa shape index (κ3) is 1.92. The average molecular weight is 248 g/mol. The predicted molar refractivity (Wildman–Crippen MR) is 69.0 cm³/mol. The van der Waals surface area contributed by atoms with E-state index in [0.717, 1.165) is 16.8 Å². The van der Waals surface area contributed by atoms with Crippen LogP contribution in [0.1, 0.15) is 18.1 Å². The van der Waals surface area contributed by atoms with Gasteiger partial charge >= 0.3 is 5.97 Å². The lowest BCUT2D eigenvalue weighted by atomic mass is 10.0. The van der Waals surface area contributed by atoms with Crippen molar-refractivity contribution in [1.29, 1.82) is 0 Å². The molecule has 1 aliphatic heterocycles. The molecule has 1 unspecified atom stereocenters. The van der Waals surface area contributed by atoms with Crippen LogP contribution in [0.15, 0.2) is 12.1 Å². The molecule has 0 saturated carbocycles. The molecule has 0 aliphatic carbocycles. The van der Waals surface area contributed by atoms with Crippen molar-refractivity contribution in [1.82, 2.24) is 0 Å². The maximum atomic E-state index is 11.9. The van der Waals surface area contributed by atoms with Gasteiger partial charge in [0.05, 0.1) is 17.9 Å². The molecule has 1 aromatic carbocycles. The van der Waals surface area contributed by atoms with Crippen molar-refractivity contribution >= 4 is 23.3 Å². The topological polar surface area (TPSA) is 69.6 Å². The number of aryl methyl sites for hydroxylation is 2. The number of amides is 1. The highest BCUT2D eigenvalue weighted by molar-refractivity contribution is 6.06. The summed E-state index contributed by atoms with van der Waals surface area (Å²) in [5.41, 5.74) is 3.60. The summed E-state index contributed by atoms with van der Waals surface area (Å²) >= 11 is 0. The lowest BCUT2D eigenvalue weighted by molar-refractivity contribution is -0.139. The Morgan fingerprint density at radius 2 is 2.00 bits per heavy atom. The summed E-state index contributed by atoms with van der Waals surface area (Å²) in [6.07, 6.45) is 0. The number of carboxylic acid groups (broad SMARTS) is 1. The second-order valence-electron chi connectivity index (χ2n) is 4.59. The summed E-state index contributed by atoms with van der Waals surface area (Å²) in [5.74, 6) is -1.23. The van der Waals surface area contributed by atoms with Gasteiger partial charge in [-0.3, -0.25) is 9.69 Å². The summed E-state index contributed by atoms with van der Waals surface area (Å²) in [6.45, 7) is 5.58. The van der Waals surface area contributed by atoms with Crippen molar-refractivity contribution in [3.63, 3.8) is 0 Å². The molecule has 0 radical (unpaired) electrons. The summed E-state index contributed by atoms with van der Waals surface area (Å²) in [6, 6.07) is 2.94. The highest BCUT2D eigenvalue weighted by Crippen LogP contribution is 2.33. The zero-order chi connectivity index (χ0) is 13.4. The first-order valence-electron chi connectivity index (χ1n) is 5.82. The number of carbonyl (C=O) groups is 2. The number of benzene rings is 1. The van der Waals surface area contributed by atoms with Crippen molar-refractivity contribution in [2.24, 2.45) is 0 Å². The van der Waals surface area contributed by atoms with Crippen LogP contribution in [0.3, 0.4) is 0 Å². The fourth-order valence-electron chi connectivity index (χ4n) is 2.07. The molecular weight excluding hydrogens is 232 g/mol. The zero-order valence-electron chi connectivity index (χ0n) is 10.7. The summed E-state index contributed by atoms with van der Waals surface area (Å²) < 4.78 is 0. The monoisotopic (exact) mass is 248 g/mol. The second-order valence-corrected chi connectivity index (χ2v) is 4.59. The number of carbonyl (C=O) groups excluding carboxylic acids is 1. The van der Waals surface area contributed by atoms with Gasteiger partial charge in [0.1, 0.15) is 6.04 Å². The molecule has 0 fully saturated rings. The molecule has 2 rings (SSSR count). The largest absolute Gasteiger partial charge is 0.480 e. The summed E-state index contributed by atoms with van der Waals surface area (Å²) in [7, 11) is 0. The second kappa shape index (κ2) is 4.33. The molecule has 1 aromatic rings. The first-order chi connectivity index (χ1) is 8.41. The van der Waals surface area contributed by atoms with Crippen LogP contribution in [0.2, 0.25) is 0 Å². The van der Waals surface area contributed by atoms with Crippen molar-refractivity contribution < 1.29 is 14.7 Å². The van der Waals surface area contributed by atoms with Crippen molar-refractivity contribution in [3.8, 4) is 0 Å². The molecule has 5 nitrogen and oxygen atoms in total. The van der Waals surface area contributed by atoms with Crippen LogP contribution in [0.25, 0.3) is 0 Å². The smallest absolute Gasteiger partial charge is 0.326 e. The molecule has 0 bridgehead atoms. The Hall–Kier alpha value is -2.04. The molecule has 1 atom stereocenters. The van der Waals surface area contributed by atoms with Crippen LogP contribution in [0.5, 0.6) is 0 Å². The van der Waals surface area contributed by atoms with E-state index in [4.69, 9.17) is 5.11 Å². The van der Waals surface area contributed by atoms with E-state index in [2.05, 4.69) is 5.32 Å². The highest BCUT2D eigenvalue weighted by atomic mass is 16.4. The SMILES string of the molecule is Cc1cc2c(cc1C)N(C(C)C(=O)O)C(=O)CN2. The minimum absolute atomic E-state index is 0.132. The fourth-order valence-corrected chi connectivity index (χ4v) is 2.07. The maximum absolute atomic E-state index is 11.9. The molecule has 0 saturated heterocycles. The molecule has 1 amide bonds. The Balaban J connectivity index is 2.53. The van der Waals surface area contributed by atoms with Gasteiger partial charge in [0.15, 0.2) is 0 Å². The number of rotatable bonds is 2. The van der Waals surface area contributed by atoms with Crippen LogP contribution in [-0.4, -0.2) is 29.6 Å². The van der Waals surface area contributed by atoms with Gasteiger partial charge in [0, 0.05) is 0 Å². The maximum Gasteiger partial charge on any atom is 0.326 e. The van der Waals surface area contributed by atoms with Gasteiger partial charge in [0.2, 0.25) is 5.91 Å². The Labute approximate surface area is 105 Å². The highest BCUT2D eigenvalue weighted by Gasteiger charge is 2.31. The molecule has 0 aromatic heterocycles. The number of nitrogens with zero attached hydrogens (tertiary/aromatic N) is 1. The van der Waals surface area contributed by atoms with Gasteiger partial charge < -0.3 is 10.4 Å². The minimum atomic E-state index is -1.01. The van der Waals surface area contributed by atoms with E-state index in [-0.39, 0.29) is 12.5 Å². The van der Waals surface area contributed by atoms with E-state index in [1.165, 1.54) is 11.8 Å². The van der Waals surface area contributed by atoms with Crippen LogP contribution >= 0.6 is 0 Å². The van der Waals surface area contributed by atoms with Crippen molar-refractivity contribution in [2.75, 3.05) is 16.8 Å². The van der Waals surface area contributed by atoms with E-state index in [0.29, 0.717) is 5.69 Å². The van der Waals surface area contributed by atoms with Gasteiger partial charge in [-0.2, -0.15) is 0 Å². The fraction of sp³-hybridized carbons (Fsp3) is 0.385. The molecule has 96 valence electrons. The van der Waals surface area contributed by atoms with Crippen molar-refractivity contribution in [3.05, 3.63) is 23.3 Å². The minimum Gasteiger partial charge on any atom is -0.480 e. The molecular formula is C13H16N2O3. The van der Waals surface area contributed by atoms with E-state index >= 15 is 0 Å². The number of hydrogen-bond donors (Lipinski definition) is 2. The van der Waals surface area contributed by atoms with Gasteiger partial charge in [-0.15, -0.1) is 0 Å². The van der Waals surface area contributed by atoms with Crippen LogP contribution in [0, 0.1) is 13.8 Å². The van der Waals surface area contributed by atoms with Gasteiger partial charge in [0.25, 0.3) is 0 Å². The van der Waals surface area contributed by atoms with E-state index in [1.807, 2.05) is 26.0 Å². The molecule has 5 heteroatoms. The number of aliphatic carboxylic acids is 1. The zero-order valence-corrected chi connectivity index (χ0v) is 10.7. The summed E-state index contributed by atoms with van der Waals surface area (Å²) in [4.78, 5) is 24.3.